The van der Waals surface area contributed by atoms with Crippen molar-refractivity contribution in [3.8, 4) is 0 Å². The van der Waals surface area contributed by atoms with Gasteiger partial charge in [0.15, 0.2) is 0 Å². The summed E-state index contributed by atoms with van der Waals surface area (Å²) in [6.45, 7) is 15.7. The van der Waals surface area contributed by atoms with Gasteiger partial charge in [-0.3, -0.25) is 9.69 Å². The number of aromatic nitrogens is 1. The first-order valence-corrected chi connectivity index (χ1v) is 15.5. The molecule has 3 aliphatic rings. The van der Waals surface area contributed by atoms with Crippen molar-refractivity contribution in [2.75, 3.05) is 26.2 Å². The summed E-state index contributed by atoms with van der Waals surface area (Å²) in [7, 11) is 0. The molecule has 4 heterocycles. The van der Waals surface area contributed by atoms with Crippen LogP contribution in [-0.4, -0.2) is 41.0 Å². The number of hydrogen-bond donors (Lipinski definition) is 1. The molecule has 0 aromatic carbocycles. The third kappa shape index (κ3) is 5.84. The zero-order valence-corrected chi connectivity index (χ0v) is 23.9. The van der Waals surface area contributed by atoms with E-state index in [0.717, 1.165) is 48.3 Å². The van der Waals surface area contributed by atoms with E-state index in [1.54, 1.807) is 20.9 Å². The fourth-order valence-electron chi connectivity index (χ4n) is 7.26. The molecule has 0 bridgehead atoms. The highest BCUT2D eigenvalue weighted by Crippen LogP contribution is 2.42. The second kappa shape index (κ2) is 11.5. The van der Waals surface area contributed by atoms with Gasteiger partial charge in [-0.05, 0) is 119 Å². The molecular weight excluding hydrogens is 462 g/mol. The van der Waals surface area contributed by atoms with Crippen LogP contribution in [0.4, 0.5) is 0 Å². The molecule has 2 fully saturated rings. The maximum absolute atomic E-state index is 12.7. The molecule has 4 nitrogen and oxygen atoms in total. The minimum absolute atomic E-state index is 0.0863. The van der Waals surface area contributed by atoms with E-state index in [0.29, 0.717) is 5.92 Å². The Hall–Kier alpha value is -1.43. The van der Waals surface area contributed by atoms with Crippen molar-refractivity contribution in [1.82, 2.24) is 14.8 Å². The van der Waals surface area contributed by atoms with Gasteiger partial charge in [0.05, 0.1) is 0 Å². The van der Waals surface area contributed by atoms with Crippen LogP contribution in [0.1, 0.15) is 102 Å². The van der Waals surface area contributed by atoms with E-state index in [9.17, 15) is 4.79 Å². The largest absolute Gasteiger partial charge is 0.326 e. The van der Waals surface area contributed by atoms with E-state index >= 15 is 0 Å². The Kier molecular flexibility index (Phi) is 8.39. The smallest absolute Gasteiger partial charge is 0.252 e. The first-order valence-electron chi connectivity index (χ1n) is 14.6. The molecule has 198 valence electrons. The number of hydrogen-bond acceptors (Lipinski definition) is 4. The quantitative estimate of drug-likeness (QED) is 0.471. The van der Waals surface area contributed by atoms with Crippen LogP contribution in [0, 0.1) is 32.6 Å². The first-order chi connectivity index (χ1) is 17.4. The number of nitrogens with zero attached hydrogens (tertiary/aromatic N) is 2. The lowest BCUT2D eigenvalue weighted by molar-refractivity contribution is 0.138. The Balaban J connectivity index is 1.23. The molecule has 1 aliphatic carbocycles. The summed E-state index contributed by atoms with van der Waals surface area (Å²) in [4.78, 5) is 24.2. The van der Waals surface area contributed by atoms with Crippen LogP contribution in [0.2, 0.25) is 0 Å². The van der Waals surface area contributed by atoms with Gasteiger partial charge in [0, 0.05) is 40.6 Å². The van der Waals surface area contributed by atoms with Crippen LogP contribution >= 0.6 is 11.3 Å². The predicted molar refractivity (Wildman–Crippen MR) is 152 cm³/mol. The van der Waals surface area contributed by atoms with Crippen molar-refractivity contribution in [2.24, 2.45) is 11.8 Å². The molecule has 2 aromatic heterocycles. The third-order valence-electron chi connectivity index (χ3n) is 9.52. The molecular formula is C31H47N3OS. The number of fused-ring (bicyclic) bond motifs is 1. The molecule has 0 spiro atoms. The van der Waals surface area contributed by atoms with Crippen molar-refractivity contribution in [3.05, 3.63) is 54.1 Å². The molecule has 0 amide bonds. The fourth-order valence-corrected chi connectivity index (χ4v) is 8.77. The molecule has 5 rings (SSSR count). The van der Waals surface area contributed by atoms with E-state index in [4.69, 9.17) is 0 Å². The molecule has 1 atom stereocenters. The Bertz CT molecular complexity index is 1090. The van der Waals surface area contributed by atoms with Gasteiger partial charge < -0.3 is 9.88 Å². The molecule has 0 radical (unpaired) electrons. The summed E-state index contributed by atoms with van der Waals surface area (Å²) in [6.07, 6.45) is 12.4. The van der Waals surface area contributed by atoms with Crippen LogP contribution in [0.3, 0.4) is 0 Å². The van der Waals surface area contributed by atoms with E-state index in [-0.39, 0.29) is 5.56 Å². The molecule has 2 aliphatic heterocycles. The standard InChI is InChI=1S/C31H47N3OS/c1-21-17-22(2)32-31(35)27(21)19-34-14-8-11-29-28(20-34)24(4)30(36-29)23(3)26-12-15-33(16-13-26)18-25-9-6-5-7-10-25/h17,23,25-26H,5-16,18-20H2,1-4H3,(H,32,35)/t23-/m1/s1. The molecule has 1 saturated heterocycles. The van der Waals surface area contributed by atoms with E-state index < -0.39 is 0 Å². The summed E-state index contributed by atoms with van der Waals surface area (Å²) in [6, 6.07) is 2.11. The Morgan fingerprint density at radius 2 is 1.75 bits per heavy atom. The summed E-state index contributed by atoms with van der Waals surface area (Å²) in [5, 5.41) is 0. The average molecular weight is 510 g/mol. The lowest BCUT2D eigenvalue weighted by Crippen LogP contribution is -2.38. The van der Waals surface area contributed by atoms with Crippen LogP contribution in [0.5, 0.6) is 0 Å². The number of rotatable bonds is 6. The van der Waals surface area contributed by atoms with Gasteiger partial charge in [0.2, 0.25) is 0 Å². The lowest BCUT2D eigenvalue weighted by Gasteiger charge is -2.37. The molecule has 0 unspecified atom stereocenters. The molecule has 36 heavy (non-hydrogen) atoms. The maximum Gasteiger partial charge on any atom is 0.252 e. The zero-order chi connectivity index (χ0) is 25.2. The number of thiophene rings is 1. The topological polar surface area (TPSA) is 39.3 Å². The summed E-state index contributed by atoms with van der Waals surface area (Å²) < 4.78 is 0. The number of aromatic amines is 1. The third-order valence-corrected chi connectivity index (χ3v) is 11.1. The zero-order valence-electron chi connectivity index (χ0n) is 23.1. The van der Waals surface area contributed by atoms with E-state index in [1.165, 1.54) is 77.4 Å². The van der Waals surface area contributed by atoms with Crippen molar-refractivity contribution >= 4 is 11.3 Å². The Morgan fingerprint density at radius 3 is 2.47 bits per heavy atom. The Labute approximate surface area is 222 Å². The molecule has 2 aromatic rings. The number of likely N-dealkylation sites (tertiary alicyclic amines) is 1. The van der Waals surface area contributed by atoms with Crippen molar-refractivity contribution in [3.63, 3.8) is 0 Å². The fraction of sp³-hybridized carbons (Fsp3) is 0.710. The van der Waals surface area contributed by atoms with E-state index in [1.807, 2.05) is 6.92 Å². The van der Waals surface area contributed by atoms with Crippen LogP contribution < -0.4 is 5.56 Å². The van der Waals surface area contributed by atoms with Gasteiger partial charge in [-0.25, -0.2) is 0 Å². The molecule has 1 N–H and O–H groups in total. The minimum atomic E-state index is 0.0863. The normalized spacial score (nSPS) is 21.9. The minimum Gasteiger partial charge on any atom is -0.326 e. The van der Waals surface area contributed by atoms with Gasteiger partial charge in [-0.2, -0.15) is 0 Å². The number of aryl methyl sites for hydroxylation is 3. The van der Waals surface area contributed by atoms with Gasteiger partial charge in [0.25, 0.3) is 5.56 Å². The number of pyridine rings is 1. The van der Waals surface area contributed by atoms with Gasteiger partial charge in [-0.1, -0.05) is 26.2 Å². The highest BCUT2D eigenvalue weighted by molar-refractivity contribution is 7.12. The lowest BCUT2D eigenvalue weighted by atomic mass is 9.82. The highest BCUT2D eigenvalue weighted by atomic mass is 32.1. The monoisotopic (exact) mass is 509 g/mol. The van der Waals surface area contributed by atoms with Crippen LogP contribution in [-0.2, 0) is 19.5 Å². The second-order valence-corrected chi connectivity index (χ2v) is 13.3. The van der Waals surface area contributed by atoms with Gasteiger partial charge in [0.1, 0.15) is 0 Å². The van der Waals surface area contributed by atoms with Crippen molar-refractivity contribution < 1.29 is 0 Å². The van der Waals surface area contributed by atoms with Crippen LogP contribution in [0.25, 0.3) is 0 Å². The molecule has 1 saturated carbocycles. The first kappa shape index (κ1) is 26.2. The summed E-state index contributed by atoms with van der Waals surface area (Å²) in [5.74, 6) is 2.44. The number of piperidine rings is 1. The number of H-pyrrole nitrogens is 1. The Morgan fingerprint density at radius 1 is 1.00 bits per heavy atom. The second-order valence-electron chi connectivity index (χ2n) is 12.2. The van der Waals surface area contributed by atoms with Crippen LogP contribution in [0.15, 0.2) is 10.9 Å². The summed E-state index contributed by atoms with van der Waals surface area (Å²) >= 11 is 2.11. The average Bonchev–Trinajstić information content (AvgIpc) is 3.03. The predicted octanol–water partition coefficient (Wildman–Crippen LogP) is 6.71. The van der Waals surface area contributed by atoms with E-state index in [2.05, 4.69) is 53.0 Å². The van der Waals surface area contributed by atoms with Crippen molar-refractivity contribution in [1.29, 1.82) is 0 Å². The van der Waals surface area contributed by atoms with Gasteiger partial charge in [-0.15, -0.1) is 11.3 Å². The van der Waals surface area contributed by atoms with Crippen molar-refractivity contribution in [2.45, 2.75) is 104 Å². The van der Waals surface area contributed by atoms with Gasteiger partial charge >= 0.3 is 0 Å². The highest BCUT2D eigenvalue weighted by Gasteiger charge is 2.30. The molecule has 5 heteroatoms. The number of nitrogens with one attached hydrogen (secondary N) is 1. The maximum atomic E-state index is 12.7. The summed E-state index contributed by atoms with van der Waals surface area (Å²) in [5.41, 5.74) is 6.20. The SMILES string of the molecule is Cc1cc(C)c(CN2CCCc3sc([C@H](C)C4CCN(CC5CCCCC5)CC4)c(C)c3C2)c(=O)[nH]1.